The van der Waals surface area contributed by atoms with Crippen LogP contribution in [-0.4, -0.2) is 35.2 Å². The summed E-state index contributed by atoms with van der Waals surface area (Å²) >= 11 is 0. The third-order valence-electron chi connectivity index (χ3n) is 6.61. The van der Waals surface area contributed by atoms with Gasteiger partial charge in [-0.05, 0) is 48.8 Å². The van der Waals surface area contributed by atoms with Crippen molar-refractivity contribution in [2.45, 2.75) is 71.4 Å². The SMILES string of the molecule is CCC(CC)Oc1ccc2n(n1)c(=N)[n-][n+]2CC(=O)c1cc(OC)cc(OCC2CCCCC2)c1. The van der Waals surface area contributed by atoms with Crippen LogP contribution in [-0.2, 0) is 6.54 Å². The second kappa shape index (κ2) is 11.4. The number of ketones is 1. The van der Waals surface area contributed by atoms with Crippen molar-refractivity contribution in [3.63, 3.8) is 0 Å². The lowest BCUT2D eigenvalue weighted by atomic mass is 9.90. The van der Waals surface area contributed by atoms with Gasteiger partial charge in [0.25, 0.3) is 5.88 Å². The second-order valence-electron chi connectivity index (χ2n) is 9.11. The predicted octanol–water partition coefficient (Wildman–Crippen LogP) is 3.48. The van der Waals surface area contributed by atoms with Gasteiger partial charge in [-0.2, -0.15) is 9.78 Å². The molecule has 1 aliphatic rings. The van der Waals surface area contributed by atoms with Gasteiger partial charge in [0, 0.05) is 23.8 Å². The maximum Gasteiger partial charge on any atom is 0.317 e. The average Bonchev–Trinajstić information content (AvgIpc) is 3.20. The first-order chi connectivity index (χ1) is 17.0. The molecule has 0 aliphatic heterocycles. The highest BCUT2D eigenvalue weighted by atomic mass is 16.5. The number of hydrogen-bond donors (Lipinski definition) is 1. The van der Waals surface area contributed by atoms with Gasteiger partial charge < -0.3 is 19.6 Å². The molecule has 0 atom stereocenters. The van der Waals surface area contributed by atoms with Crippen molar-refractivity contribution < 1.29 is 23.7 Å². The molecule has 0 saturated heterocycles. The lowest BCUT2D eigenvalue weighted by molar-refractivity contribution is -0.721. The first kappa shape index (κ1) is 24.8. The van der Waals surface area contributed by atoms with Gasteiger partial charge in [0.15, 0.2) is 6.54 Å². The number of nitrogens with one attached hydrogen (secondary N) is 1. The molecule has 188 valence electrons. The Labute approximate surface area is 205 Å². The number of methoxy groups -OCH3 is 1. The molecule has 3 aromatic rings. The summed E-state index contributed by atoms with van der Waals surface area (Å²) in [5, 5.41) is 16.8. The number of rotatable bonds is 11. The Morgan fingerprint density at radius 1 is 1.17 bits per heavy atom. The molecule has 35 heavy (non-hydrogen) atoms. The van der Waals surface area contributed by atoms with Crippen LogP contribution in [0.4, 0.5) is 0 Å². The van der Waals surface area contributed by atoms with E-state index < -0.39 is 0 Å². The summed E-state index contributed by atoms with van der Waals surface area (Å²) in [5.41, 5.74) is 0.951. The number of carbonyl (C=O) groups excluding carboxylic acids is 1. The van der Waals surface area contributed by atoms with Crippen molar-refractivity contribution >= 4 is 11.4 Å². The highest BCUT2D eigenvalue weighted by Crippen LogP contribution is 2.27. The van der Waals surface area contributed by atoms with E-state index >= 15 is 0 Å². The lowest BCUT2D eigenvalue weighted by Gasteiger charge is -2.22. The van der Waals surface area contributed by atoms with Gasteiger partial charge in [-0.15, -0.1) is 0 Å². The van der Waals surface area contributed by atoms with E-state index in [0.717, 1.165) is 12.8 Å². The van der Waals surface area contributed by atoms with Crippen molar-refractivity contribution in [3.8, 4) is 17.4 Å². The van der Waals surface area contributed by atoms with Crippen molar-refractivity contribution in [1.29, 1.82) is 5.41 Å². The lowest BCUT2D eigenvalue weighted by Crippen LogP contribution is -2.43. The second-order valence-corrected chi connectivity index (χ2v) is 9.11. The van der Waals surface area contributed by atoms with Crippen LogP contribution in [0.2, 0.25) is 0 Å². The first-order valence-corrected chi connectivity index (χ1v) is 12.5. The molecule has 0 amide bonds. The molecule has 0 unspecified atom stereocenters. The summed E-state index contributed by atoms with van der Waals surface area (Å²) in [4.78, 5) is 13.2. The van der Waals surface area contributed by atoms with Crippen LogP contribution in [0.5, 0.6) is 17.4 Å². The zero-order valence-electron chi connectivity index (χ0n) is 20.8. The zero-order chi connectivity index (χ0) is 24.8. The fourth-order valence-electron chi connectivity index (χ4n) is 4.49. The van der Waals surface area contributed by atoms with Crippen LogP contribution in [0.1, 0.15) is 69.2 Å². The summed E-state index contributed by atoms with van der Waals surface area (Å²) in [6, 6.07) is 8.79. The van der Waals surface area contributed by atoms with Gasteiger partial charge in [-0.25, -0.2) is 0 Å². The Morgan fingerprint density at radius 2 is 1.91 bits per heavy atom. The summed E-state index contributed by atoms with van der Waals surface area (Å²) in [7, 11) is 1.57. The van der Waals surface area contributed by atoms with E-state index in [1.807, 2.05) is 6.07 Å². The number of Topliss-reactive ketones (excluding diaryl/α,β-unsaturated/α-hetero) is 1. The van der Waals surface area contributed by atoms with E-state index in [1.165, 1.54) is 41.3 Å². The molecule has 9 heteroatoms. The number of aromatic nitrogens is 4. The number of fused-ring (bicyclic) bond motifs is 1. The number of hydrogen-bond acceptors (Lipinski definition) is 6. The monoisotopic (exact) mass is 481 g/mol. The molecule has 1 N–H and O–H groups in total. The van der Waals surface area contributed by atoms with Gasteiger partial charge in [-0.3, -0.25) is 4.79 Å². The molecule has 2 aromatic heterocycles. The van der Waals surface area contributed by atoms with E-state index in [-0.39, 0.29) is 24.1 Å². The highest BCUT2D eigenvalue weighted by Gasteiger charge is 2.20. The number of carbonyl (C=O) groups is 1. The Balaban J connectivity index is 1.51. The van der Waals surface area contributed by atoms with E-state index in [4.69, 9.17) is 19.6 Å². The smallest absolute Gasteiger partial charge is 0.317 e. The van der Waals surface area contributed by atoms with Crippen LogP contribution >= 0.6 is 0 Å². The van der Waals surface area contributed by atoms with Gasteiger partial charge in [0.2, 0.25) is 11.4 Å². The highest BCUT2D eigenvalue weighted by molar-refractivity contribution is 5.96. The van der Waals surface area contributed by atoms with E-state index in [1.54, 1.807) is 31.4 Å². The molecule has 0 radical (unpaired) electrons. The minimum atomic E-state index is -0.159. The van der Waals surface area contributed by atoms with Crippen LogP contribution < -0.4 is 29.6 Å². The van der Waals surface area contributed by atoms with Crippen LogP contribution in [0.15, 0.2) is 30.3 Å². The molecule has 9 nitrogen and oxygen atoms in total. The maximum atomic E-state index is 13.2. The fourth-order valence-corrected chi connectivity index (χ4v) is 4.49. The summed E-state index contributed by atoms with van der Waals surface area (Å²) < 4.78 is 20.2. The van der Waals surface area contributed by atoms with Crippen molar-refractivity contribution in [2.75, 3.05) is 13.7 Å². The van der Waals surface area contributed by atoms with Gasteiger partial charge >= 0.3 is 5.65 Å². The predicted molar refractivity (Wildman–Crippen MR) is 129 cm³/mol. The zero-order valence-corrected chi connectivity index (χ0v) is 20.8. The number of benzene rings is 1. The quantitative estimate of drug-likeness (QED) is 0.332. The standard InChI is InChI=1S/C26H35N5O4/c1-4-20(5-2)35-24-11-12-25-30(29-26(27)31(25)28-24)16-23(32)19-13-21(33-3)15-22(14-19)34-17-18-9-7-6-8-10-18/h11-15,18,20,27H,4-10,16-17H2,1-3H3. The van der Waals surface area contributed by atoms with Gasteiger partial charge in [-0.1, -0.05) is 37.6 Å². The fraction of sp³-hybridized carbons (Fsp3) is 0.538. The molecule has 2 heterocycles. The largest absolute Gasteiger partial charge is 0.497 e. The molecule has 1 aliphatic carbocycles. The third kappa shape index (κ3) is 6.01. The summed E-state index contributed by atoms with van der Waals surface area (Å²) in [6.45, 7) is 4.73. The van der Waals surface area contributed by atoms with Crippen LogP contribution in [0.3, 0.4) is 0 Å². The molecule has 1 saturated carbocycles. The van der Waals surface area contributed by atoms with E-state index in [9.17, 15) is 4.79 Å². The minimum absolute atomic E-state index is 0.0357. The van der Waals surface area contributed by atoms with E-state index in [2.05, 4.69) is 24.0 Å². The number of ether oxygens (including phenoxy) is 3. The van der Waals surface area contributed by atoms with Crippen molar-refractivity contribution in [2.24, 2.45) is 5.92 Å². The summed E-state index contributed by atoms with van der Waals surface area (Å²) in [6.07, 6.45) is 7.99. The minimum Gasteiger partial charge on any atom is -0.497 e. The Morgan fingerprint density at radius 3 is 2.63 bits per heavy atom. The number of nitrogens with zero attached hydrogens (tertiary/aromatic N) is 4. The molecular formula is C26H35N5O4. The average molecular weight is 482 g/mol. The maximum absolute atomic E-state index is 13.2. The Hall–Kier alpha value is -3.36. The van der Waals surface area contributed by atoms with Gasteiger partial charge in [0.1, 0.15) is 17.6 Å². The van der Waals surface area contributed by atoms with Crippen LogP contribution in [0.25, 0.3) is 5.65 Å². The van der Waals surface area contributed by atoms with Crippen LogP contribution in [0, 0.1) is 11.3 Å². The molecule has 0 bridgehead atoms. The summed E-state index contributed by atoms with van der Waals surface area (Å²) in [5.74, 6) is 2.03. The normalized spacial score (nSPS) is 14.4. The van der Waals surface area contributed by atoms with Crippen molar-refractivity contribution in [3.05, 3.63) is 41.5 Å². The first-order valence-electron chi connectivity index (χ1n) is 12.5. The Kier molecular flexibility index (Phi) is 8.05. The van der Waals surface area contributed by atoms with E-state index in [0.29, 0.717) is 41.1 Å². The molecule has 1 fully saturated rings. The molecule has 0 spiro atoms. The van der Waals surface area contributed by atoms with Gasteiger partial charge in [0.05, 0.1) is 13.7 Å². The molecular weight excluding hydrogens is 446 g/mol. The third-order valence-corrected chi connectivity index (χ3v) is 6.61. The molecule has 4 rings (SSSR count). The topological polar surface area (TPSA) is 104 Å². The molecule has 1 aromatic carbocycles. The Bertz CT molecular complexity index is 1210. The van der Waals surface area contributed by atoms with Crippen molar-refractivity contribution in [1.82, 2.24) is 14.7 Å².